The Bertz CT molecular complexity index is 682. The number of carbonyl (C=O) groups excluding carboxylic acids is 2. The molecule has 148 valence electrons. The molecule has 0 saturated carbocycles. The van der Waals surface area contributed by atoms with Crippen LogP contribution in [0.5, 0.6) is 5.75 Å². The molecule has 2 amide bonds. The van der Waals surface area contributed by atoms with Gasteiger partial charge < -0.3 is 19.4 Å². The van der Waals surface area contributed by atoms with Crippen LogP contribution < -0.4 is 9.64 Å². The highest BCUT2D eigenvalue weighted by molar-refractivity contribution is 7.99. The first-order chi connectivity index (χ1) is 13.0. The topological polar surface area (TPSA) is 53.1 Å². The number of hydrogen-bond donors (Lipinski definition) is 0. The Morgan fingerprint density at radius 3 is 2.93 bits per heavy atom. The van der Waals surface area contributed by atoms with Crippen LogP contribution in [0.1, 0.15) is 12.8 Å². The van der Waals surface area contributed by atoms with Gasteiger partial charge in [0.05, 0.1) is 19.1 Å². The van der Waals surface area contributed by atoms with Crippen molar-refractivity contribution in [3.8, 4) is 5.75 Å². The molecule has 7 heteroatoms. The second-order valence-electron chi connectivity index (χ2n) is 7.48. The number of rotatable bonds is 5. The Hall–Kier alpha value is -1.73. The summed E-state index contributed by atoms with van der Waals surface area (Å²) in [6.07, 6.45) is 1.30. The Kier molecular flexibility index (Phi) is 6.65. The van der Waals surface area contributed by atoms with E-state index in [9.17, 15) is 9.59 Å². The molecule has 2 atom stereocenters. The van der Waals surface area contributed by atoms with Crippen LogP contribution in [0, 0.1) is 5.92 Å². The highest BCUT2D eigenvalue weighted by Gasteiger charge is 2.39. The van der Waals surface area contributed by atoms with Crippen molar-refractivity contribution < 1.29 is 14.3 Å². The number of hydrogen-bond acceptors (Lipinski definition) is 5. The molecule has 0 radical (unpaired) electrons. The molecule has 2 heterocycles. The minimum Gasteiger partial charge on any atom is -0.497 e. The van der Waals surface area contributed by atoms with E-state index >= 15 is 0 Å². The lowest BCUT2D eigenvalue weighted by Crippen LogP contribution is -2.49. The van der Waals surface area contributed by atoms with E-state index in [0.717, 1.165) is 36.7 Å². The molecule has 0 aliphatic carbocycles. The first kappa shape index (κ1) is 20.0. The Labute approximate surface area is 165 Å². The predicted molar refractivity (Wildman–Crippen MR) is 109 cm³/mol. The second kappa shape index (κ2) is 8.97. The Morgan fingerprint density at radius 2 is 2.19 bits per heavy atom. The van der Waals surface area contributed by atoms with Gasteiger partial charge in [0.25, 0.3) is 0 Å². The fourth-order valence-electron chi connectivity index (χ4n) is 3.83. The van der Waals surface area contributed by atoms with Crippen LogP contribution in [0.25, 0.3) is 0 Å². The van der Waals surface area contributed by atoms with Gasteiger partial charge in [-0.15, -0.1) is 0 Å². The van der Waals surface area contributed by atoms with Crippen molar-refractivity contribution in [2.24, 2.45) is 5.92 Å². The summed E-state index contributed by atoms with van der Waals surface area (Å²) in [6.45, 7) is 2.09. The van der Waals surface area contributed by atoms with Gasteiger partial charge >= 0.3 is 0 Å². The normalized spacial score (nSPS) is 23.6. The largest absolute Gasteiger partial charge is 0.497 e. The van der Waals surface area contributed by atoms with Crippen molar-refractivity contribution in [3.05, 3.63) is 24.3 Å². The highest BCUT2D eigenvalue weighted by Crippen LogP contribution is 2.30. The summed E-state index contributed by atoms with van der Waals surface area (Å²) in [5, 5.41) is 0. The average molecular weight is 392 g/mol. The molecule has 0 bridgehead atoms. The molecule has 0 aromatic heterocycles. The molecule has 2 unspecified atom stereocenters. The van der Waals surface area contributed by atoms with E-state index in [1.165, 1.54) is 0 Å². The zero-order chi connectivity index (χ0) is 19.4. The smallest absolute Gasteiger partial charge is 0.228 e. The van der Waals surface area contributed by atoms with Gasteiger partial charge in [0.1, 0.15) is 5.75 Å². The number of likely N-dealkylation sites (N-methyl/N-ethyl adjacent to an activating group) is 1. The van der Waals surface area contributed by atoms with E-state index in [1.807, 2.05) is 55.0 Å². The van der Waals surface area contributed by atoms with Crippen LogP contribution in [0.4, 0.5) is 5.69 Å². The van der Waals surface area contributed by atoms with Crippen molar-refractivity contribution >= 4 is 29.3 Å². The lowest BCUT2D eigenvalue weighted by Gasteiger charge is -2.33. The number of benzene rings is 1. The number of thioether (sulfide) groups is 1. The van der Waals surface area contributed by atoms with Crippen molar-refractivity contribution in [1.82, 2.24) is 9.80 Å². The van der Waals surface area contributed by atoms with E-state index in [2.05, 4.69) is 4.90 Å². The van der Waals surface area contributed by atoms with Gasteiger partial charge in [0, 0.05) is 43.6 Å². The third-order valence-electron chi connectivity index (χ3n) is 5.14. The van der Waals surface area contributed by atoms with Gasteiger partial charge in [0.2, 0.25) is 11.8 Å². The van der Waals surface area contributed by atoms with Crippen molar-refractivity contribution in [2.45, 2.75) is 18.9 Å². The fraction of sp³-hybridized carbons (Fsp3) is 0.600. The van der Waals surface area contributed by atoms with Crippen LogP contribution in [0.15, 0.2) is 24.3 Å². The summed E-state index contributed by atoms with van der Waals surface area (Å²) in [4.78, 5) is 31.8. The maximum absolute atomic E-state index is 13.3. The molecule has 0 spiro atoms. The van der Waals surface area contributed by atoms with Crippen molar-refractivity contribution in [3.63, 3.8) is 0 Å². The van der Waals surface area contributed by atoms with Crippen LogP contribution in [0.3, 0.4) is 0 Å². The molecule has 1 aromatic rings. The molecule has 0 N–H and O–H groups in total. The van der Waals surface area contributed by atoms with Gasteiger partial charge in [0.15, 0.2) is 0 Å². The van der Waals surface area contributed by atoms with Gasteiger partial charge in [-0.25, -0.2) is 0 Å². The number of amides is 2. The van der Waals surface area contributed by atoms with Crippen LogP contribution in [-0.4, -0.2) is 80.0 Å². The summed E-state index contributed by atoms with van der Waals surface area (Å²) >= 11 is 1.92. The predicted octanol–water partition coefficient (Wildman–Crippen LogP) is 1.94. The quantitative estimate of drug-likeness (QED) is 0.768. The Balaban J connectivity index is 1.73. The van der Waals surface area contributed by atoms with E-state index in [0.29, 0.717) is 12.3 Å². The van der Waals surface area contributed by atoms with Crippen LogP contribution >= 0.6 is 11.8 Å². The summed E-state index contributed by atoms with van der Waals surface area (Å²) in [5.74, 6) is 2.64. The fourth-order valence-corrected chi connectivity index (χ4v) is 4.88. The lowest BCUT2D eigenvalue weighted by atomic mass is 10.1. The van der Waals surface area contributed by atoms with E-state index in [4.69, 9.17) is 4.74 Å². The zero-order valence-electron chi connectivity index (χ0n) is 16.4. The number of methoxy groups -OCH3 is 1. The molecular formula is C20H29N3O3S. The zero-order valence-corrected chi connectivity index (χ0v) is 17.2. The molecule has 6 nitrogen and oxygen atoms in total. The number of ether oxygens (including phenoxy) is 1. The monoisotopic (exact) mass is 391 g/mol. The molecule has 27 heavy (non-hydrogen) atoms. The number of anilines is 1. The van der Waals surface area contributed by atoms with E-state index in [1.54, 1.807) is 12.0 Å². The molecule has 2 aliphatic rings. The first-order valence-corrected chi connectivity index (χ1v) is 10.6. The molecule has 1 aromatic carbocycles. The highest BCUT2D eigenvalue weighted by atomic mass is 32.2. The molecule has 2 saturated heterocycles. The summed E-state index contributed by atoms with van der Waals surface area (Å²) in [7, 11) is 5.70. The van der Waals surface area contributed by atoms with Gasteiger partial charge in [-0.2, -0.15) is 11.8 Å². The molecule has 3 rings (SSSR count). The van der Waals surface area contributed by atoms with Gasteiger partial charge in [-0.3, -0.25) is 9.59 Å². The van der Waals surface area contributed by atoms with Crippen LogP contribution in [0.2, 0.25) is 0 Å². The van der Waals surface area contributed by atoms with Gasteiger partial charge in [-0.05, 0) is 38.4 Å². The molecular weight excluding hydrogens is 362 g/mol. The number of nitrogens with zero attached hydrogens (tertiary/aromatic N) is 3. The molecule has 2 aliphatic heterocycles. The summed E-state index contributed by atoms with van der Waals surface area (Å²) in [6, 6.07) is 7.68. The van der Waals surface area contributed by atoms with E-state index < -0.39 is 0 Å². The maximum Gasteiger partial charge on any atom is 0.228 e. The Morgan fingerprint density at radius 1 is 1.37 bits per heavy atom. The SMILES string of the molecule is COc1cccc(N2CC(C(=O)N3CCCSCC3CN(C)C)CC2=O)c1. The lowest BCUT2D eigenvalue weighted by molar-refractivity contribution is -0.137. The second-order valence-corrected chi connectivity index (χ2v) is 8.63. The third-order valence-corrected chi connectivity index (χ3v) is 6.33. The van der Waals surface area contributed by atoms with Gasteiger partial charge in [-0.1, -0.05) is 6.07 Å². The number of carbonyl (C=O) groups is 2. The minimum absolute atomic E-state index is 0.00922. The minimum atomic E-state index is -0.267. The summed E-state index contributed by atoms with van der Waals surface area (Å²) in [5.41, 5.74) is 0.797. The standard InChI is InChI=1S/C20H29N3O3S/c1-21(2)13-17-14-27-9-5-8-22(17)20(25)15-10-19(24)23(12-15)16-6-4-7-18(11-16)26-3/h4,6-7,11,15,17H,5,8-10,12-14H2,1-3H3. The van der Waals surface area contributed by atoms with Crippen molar-refractivity contribution in [1.29, 1.82) is 0 Å². The van der Waals surface area contributed by atoms with Crippen molar-refractivity contribution in [2.75, 3.05) is 57.2 Å². The van der Waals surface area contributed by atoms with Crippen LogP contribution in [-0.2, 0) is 9.59 Å². The third kappa shape index (κ3) is 4.76. The summed E-state index contributed by atoms with van der Waals surface area (Å²) < 4.78 is 5.26. The van der Waals surface area contributed by atoms with E-state index in [-0.39, 0.29) is 30.2 Å². The average Bonchev–Trinajstić information content (AvgIpc) is 2.90. The molecule has 2 fully saturated rings. The first-order valence-electron chi connectivity index (χ1n) is 9.47. The maximum atomic E-state index is 13.3.